The molecule has 0 aliphatic carbocycles. The minimum Gasteiger partial charge on any atom is -0.381 e. The van der Waals surface area contributed by atoms with Crippen LogP contribution in [0.4, 0.5) is 0 Å². The summed E-state index contributed by atoms with van der Waals surface area (Å²) in [7, 11) is 3.31. The van der Waals surface area contributed by atoms with E-state index in [0.29, 0.717) is 13.2 Å². The Morgan fingerprint density at radius 2 is 2.11 bits per heavy atom. The summed E-state index contributed by atoms with van der Waals surface area (Å²) in [6.45, 7) is 1.24. The molecule has 2 nitrogen and oxygen atoms in total. The summed E-state index contributed by atoms with van der Waals surface area (Å²) in [5.41, 5.74) is 0. The zero-order valence-electron chi connectivity index (χ0n) is 5.69. The van der Waals surface area contributed by atoms with Gasteiger partial charge in [0.2, 0.25) is 0 Å². The Balaban J connectivity index is 3.30. The monoisotopic (exact) mass is 194 g/mol. The van der Waals surface area contributed by atoms with Gasteiger partial charge in [0, 0.05) is 18.7 Å². The van der Waals surface area contributed by atoms with E-state index in [1.165, 1.54) is 0 Å². The second-order valence-corrected chi connectivity index (χ2v) is 2.56. The van der Waals surface area contributed by atoms with Gasteiger partial charge < -0.3 is 9.47 Å². The summed E-state index contributed by atoms with van der Waals surface area (Å²) in [6.07, 6.45) is 1.92. The molecule has 0 aromatic rings. The summed E-state index contributed by atoms with van der Waals surface area (Å²) in [6, 6.07) is 0. The second-order valence-electron chi connectivity index (χ2n) is 1.54. The average molecular weight is 195 g/mol. The van der Waals surface area contributed by atoms with E-state index in [1.54, 1.807) is 14.2 Å². The quantitative estimate of drug-likeness (QED) is 0.677. The molecule has 0 aromatic carbocycles. The van der Waals surface area contributed by atoms with Crippen LogP contribution in [0.3, 0.4) is 0 Å². The van der Waals surface area contributed by atoms with Crippen molar-refractivity contribution in [1.82, 2.24) is 0 Å². The van der Waals surface area contributed by atoms with Crippen molar-refractivity contribution in [3.63, 3.8) is 0 Å². The summed E-state index contributed by atoms with van der Waals surface area (Å²) >= 11 is 3.30. The lowest BCUT2D eigenvalue weighted by atomic mass is 10.5. The molecule has 0 aliphatic rings. The zero-order chi connectivity index (χ0) is 7.11. The SMILES string of the molecule is COCC=C(Br)COC. The van der Waals surface area contributed by atoms with Crippen molar-refractivity contribution in [1.29, 1.82) is 0 Å². The van der Waals surface area contributed by atoms with Gasteiger partial charge in [-0.3, -0.25) is 0 Å². The number of rotatable bonds is 4. The maximum absolute atomic E-state index is 4.83. The predicted octanol–water partition coefficient (Wildman–Crippen LogP) is 1.56. The van der Waals surface area contributed by atoms with E-state index in [1.807, 2.05) is 6.08 Å². The first-order valence-electron chi connectivity index (χ1n) is 2.63. The average Bonchev–Trinajstić information content (AvgIpc) is 1.85. The summed E-state index contributed by atoms with van der Waals surface area (Å²) in [4.78, 5) is 0. The lowest BCUT2D eigenvalue weighted by Crippen LogP contribution is -1.89. The van der Waals surface area contributed by atoms with Crippen LogP contribution in [-0.2, 0) is 9.47 Å². The van der Waals surface area contributed by atoms with Crippen molar-refractivity contribution in [2.24, 2.45) is 0 Å². The molecule has 54 valence electrons. The van der Waals surface area contributed by atoms with Gasteiger partial charge in [0.05, 0.1) is 13.2 Å². The highest BCUT2D eigenvalue weighted by Gasteiger charge is 1.86. The molecular formula is C6H11BrO2. The largest absolute Gasteiger partial charge is 0.381 e. The fourth-order valence-corrected chi connectivity index (χ4v) is 0.732. The Morgan fingerprint density at radius 1 is 1.44 bits per heavy atom. The third kappa shape index (κ3) is 6.02. The molecule has 0 N–H and O–H groups in total. The zero-order valence-corrected chi connectivity index (χ0v) is 7.27. The van der Waals surface area contributed by atoms with Crippen molar-refractivity contribution >= 4 is 15.9 Å². The van der Waals surface area contributed by atoms with Gasteiger partial charge >= 0.3 is 0 Å². The van der Waals surface area contributed by atoms with Crippen LogP contribution in [0.15, 0.2) is 10.6 Å². The van der Waals surface area contributed by atoms with E-state index in [0.717, 1.165) is 4.48 Å². The maximum Gasteiger partial charge on any atom is 0.0775 e. The van der Waals surface area contributed by atoms with Crippen molar-refractivity contribution in [2.45, 2.75) is 0 Å². The third-order valence-corrected chi connectivity index (χ3v) is 1.31. The molecule has 0 radical (unpaired) electrons. The molecule has 0 heterocycles. The number of ether oxygens (including phenoxy) is 2. The van der Waals surface area contributed by atoms with Crippen LogP contribution in [0, 0.1) is 0 Å². The first kappa shape index (κ1) is 9.14. The topological polar surface area (TPSA) is 18.5 Å². The van der Waals surface area contributed by atoms with Gasteiger partial charge in [-0.2, -0.15) is 0 Å². The van der Waals surface area contributed by atoms with Gasteiger partial charge in [-0.15, -0.1) is 0 Å². The molecule has 0 saturated carbocycles. The Bertz CT molecular complexity index is 91.1. The molecule has 0 aliphatic heterocycles. The number of hydrogen-bond donors (Lipinski definition) is 0. The van der Waals surface area contributed by atoms with Crippen LogP contribution in [0.5, 0.6) is 0 Å². The Morgan fingerprint density at radius 3 is 2.56 bits per heavy atom. The van der Waals surface area contributed by atoms with Gasteiger partial charge in [-0.1, -0.05) is 15.9 Å². The highest BCUT2D eigenvalue weighted by molar-refractivity contribution is 9.11. The van der Waals surface area contributed by atoms with Crippen molar-refractivity contribution < 1.29 is 9.47 Å². The van der Waals surface area contributed by atoms with Crippen molar-refractivity contribution in [3.05, 3.63) is 10.6 Å². The highest BCUT2D eigenvalue weighted by atomic mass is 79.9. The molecule has 0 bridgehead atoms. The third-order valence-electron chi connectivity index (χ3n) is 0.754. The first-order chi connectivity index (χ1) is 4.31. The first-order valence-corrected chi connectivity index (χ1v) is 3.43. The maximum atomic E-state index is 4.83. The van der Waals surface area contributed by atoms with E-state index in [9.17, 15) is 0 Å². The second kappa shape index (κ2) is 6.26. The van der Waals surface area contributed by atoms with Gasteiger partial charge in [0.15, 0.2) is 0 Å². The van der Waals surface area contributed by atoms with E-state index >= 15 is 0 Å². The summed E-state index contributed by atoms with van der Waals surface area (Å²) < 4.78 is 10.6. The number of methoxy groups -OCH3 is 2. The summed E-state index contributed by atoms with van der Waals surface area (Å²) in [5, 5.41) is 0. The van der Waals surface area contributed by atoms with Crippen LogP contribution >= 0.6 is 15.9 Å². The predicted molar refractivity (Wildman–Crippen MR) is 40.8 cm³/mol. The Hall–Kier alpha value is 0.140. The van der Waals surface area contributed by atoms with Crippen LogP contribution in [-0.4, -0.2) is 27.4 Å². The fraction of sp³-hybridized carbons (Fsp3) is 0.667. The molecule has 0 unspecified atom stereocenters. The van der Waals surface area contributed by atoms with E-state index in [2.05, 4.69) is 15.9 Å². The molecule has 0 spiro atoms. The van der Waals surface area contributed by atoms with Crippen LogP contribution in [0.2, 0.25) is 0 Å². The van der Waals surface area contributed by atoms with Crippen LogP contribution < -0.4 is 0 Å². The van der Waals surface area contributed by atoms with E-state index in [4.69, 9.17) is 9.47 Å². The van der Waals surface area contributed by atoms with E-state index in [-0.39, 0.29) is 0 Å². The number of hydrogen-bond acceptors (Lipinski definition) is 2. The molecule has 0 rings (SSSR count). The van der Waals surface area contributed by atoms with E-state index < -0.39 is 0 Å². The molecule has 0 fully saturated rings. The lowest BCUT2D eigenvalue weighted by Gasteiger charge is -1.95. The minimum atomic E-state index is 0.614. The molecule has 0 aromatic heterocycles. The Labute approximate surface area is 64.0 Å². The fourth-order valence-electron chi connectivity index (χ4n) is 0.371. The van der Waals surface area contributed by atoms with Crippen LogP contribution in [0.1, 0.15) is 0 Å². The normalized spacial score (nSPS) is 12.1. The molecule has 9 heavy (non-hydrogen) atoms. The van der Waals surface area contributed by atoms with Crippen LogP contribution in [0.25, 0.3) is 0 Å². The highest BCUT2D eigenvalue weighted by Crippen LogP contribution is 2.03. The van der Waals surface area contributed by atoms with Crippen molar-refractivity contribution in [3.8, 4) is 0 Å². The molecule has 0 atom stereocenters. The standard InChI is InChI=1S/C6H11BrO2/c1-8-4-3-6(7)5-9-2/h3H,4-5H2,1-2H3. The smallest absolute Gasteiger partial charge is 0.0775 e. The van der Waals surface area contributed by atoms with Gasteiger partial charge in [0.1, 0.15) is 0 Å². The van der Waals surface area contributed by atoms with Crippen molar-refractivity contribution in [2.75, 3.05) is 27.4 Å². The van der Waals surface area contributed by atoms with Gasteiger partial charge in [-0.25, -0.2) is 0 Å². The Kier molecular flexibility index (Phi) is 6.36. The lowest BCUT2D eigenvalue weighted by molar-refractivity contribution is 0.222. The minimum absolute atomic E-state index is 0.614. The molecule has 3 heteroatoms. The number of halogens is 1. The molecule has 0 amide bonds. The molecule has 0 saturated heterocycles. The van der Waals surface area contributed by atoms with Gasteiger partial charge in [-0.05, 0) is 6.08 Å². The summed E-state index contributed by atoms with van der Waals surface area (Å²) in [5.74, 6) is 0. The molecular weight excluding hydrogens is 184 g/mol. The van der Waals surface area contributed by atoms with Gasteiger partial charge in [0.25, 0.3) is 0 Å².